The number of nitrogens with two attached hydrogens (primary N) is 1. The highest BCUT2D eigenvalue weighted by Gasteiger charge is 2.18. The topological polar surface area (TPSA) is 78.6 Å². The van der Waals surface area contributed by atoms with Crippen molar-refractivity contribution in [2.45, 2.75) is 58.3 Å². The molecule has 122 valence electrons. The van der Waals surface area contributed by atoms with Crippen LogP contribution in [-0.2, 0) is 25.7 Å². The second-order valence-corrected chi connectivity index (χ2v) is 6.24. The van der Waals surface area contributed by atoms with Gasteiger partial charge in [0.05, 0.1) is 6.42 Å². The number of hydrogen-bond donors (Lipinski definition) is 1. The first kappa shape index (κ1) is 18.2. The number of rotatable bonds is 7. The minimum absolute atomic E-state index is 0.0929. The van der Waals surface area contributed by atoms with Gasteiger partial charge in [-0.3, -0.25) is 9.59 Å². The molecule has 0 bridgehead atoms. The van der Waals surface area contributed by atoms with Crippen LogP contribution in [0.15, 0.2) is 30.3 Å². The van der Waals surface area contributed by atoms with E-state index in [2.05, 4.69) is 0 Å². The van der Waals surface area contributed by atoms with E-state index in [0.29, 0.717) is 6.42 Å². The third kappa shape index (κ3) is 8.42. The molecule has 0 heterocycles. The molecule has 1 aromatic rings. The average Bonchev–Trinajstić information content (AvgIpc) is 2.42. The van der Waals surface area contributed by atoms with Crippen LogP contribution in [0.4, 0.5) is 0 Å². The fraction of sp³-hybridized carbons (Fsp3) is 0.529. The molecule has 22 heavy (non-hydrogen) atoms. The largest absolute Gasteiger partial charge is 0.461 e. The van der Waals surface area contributed by atoms with Gasteiger partial charge in [0.25, 0.3) is 0 Å². The smallest absolute Gasteiger partial charge is 0.307 e. The summed E-state index contributed by atoms with van der Waals surface area (Å²) in [6.45, 7) is 5.67. The monoisotopic (exact) mass is 307 g/mol. The Kier molecular flexibility index (Phi) is 7.05. The minimum atomic E-state index is -0.504. The SMILES string of the molecule is CC(C)(C)OC(=O)CC[C@H](N)CC(=O)OCc1ccccc1. The Hall–Kier alpha value is -1.88. The van der Waals surface area contributed by atoms with Crippen LogP contribution < -0.4 is 5.73 Å². The average molecular weight is 307 g/mol. The lowest BCUT2D eigenvalue weighted by Gasteiger charge is -2.20. The van der Waals surface area contributed by atoms with Gasteiger partial charge in [0.15, 0.2) is 0 Å². The van der Waals surface area contributed by atoms with Crippen LogP contribution in [0.5, 0.6) is 0 Å². The van der Waals surface area contributed by atoms with Crippen molar-refractivity contribution in [3.8, 4) is 0 Å². The van der Waals surface area contributed by atoms with Crippen molar-refractivity contribution in [3.05, 3.63) is 35.9 Å². The molecule has 1 atom stereocenters. The normalized spacial score (nSPS) is 12.5. The van der Waals surface area contributed by atoms with Gasteiger partial charge >= 0.3 is 11.9 Å². The first-order chi connectivity index (χ1) is 10.3. The fourth-order valence-electron chi connectivity index (χ4n) is 1.81. The predicted molar refractivity (Wildman–Crippen MR) is 83.9 cm³/mol. The van der Waals surface area contributed by atoms with E-state index in [9.17, 15) is 9.59 Å². The van der Waals surface area contributed by atoms with Gasteiger partial charge in [-0.05, 0) is 32.8 Å². The van der Waals surface area contributed by atoms with E-state index in [4.69, 9.17) is 15.2 Å². The van der Waals surface area contributed by atoms with Gasteiger partial charge < -0.3 is 15.2 Å². The molecule has 5 heteroatoms. The Morgan fingerprint density at radius 3 is 2.36 bits per heavy atom. The van der Waals surface area contributed by atoms with Crippen LogP contribution in [0.1, 0.15) is 45.6 Å². The van der Waals surface area contributed by atoms with E-state index in [-0.39, 0.29) is 31.4 Å². The molecule has 0 saturated carbocycles. The minimum Gasteiger partial charge on any atom is -0.461 e. The molecular weight excluding hydrogens is 282 g/mol. The summed E-state index contributed by atoms with van der Waals surface area (Å²) in [7, 11) is 0. The molecule has 1 rings (SSSR count). The van der Waals surface area contributed by atoms with Gasteiger partial charge in [-0.25, -0.2) is 0 Å². The highest BCUT2D eigenvalue weighted by molar-refractivity contribution is 5.71. The number of esters is 2. The van der Waals surface area contributed by atoms with Gasteiger partial charge in [-0.15, -0.1) is 0 Å². The summed E-state index contributed by atoms with van der Waals surface area (Å²) in [6.07, 6.45) is 0.690. The van der Waals surface area contributed by atoms with Crippen LogP contribution in [0.2, 0.25) is 0 Å². The Labute approximate surface area is 131 Å². The summed E-state index contributed by atoms with van der Waals surface area (Å²) in [5.74, 6) is -0.666. The lowest BCUT2D eigenvalue weighted by molar-refractivity contribution is -0.155. The quantitative estimate of drug-likeness (QED) is 0.783. The molecule has 0 fully saturated rings. The Balaban J connectivity index is 2.22. The molecule has 0 spiro atoms. The van der Waals surface area contributed by atoms with Crippen LogP contribution >= 0.6 is 0 Å². The molecule has 0 aromatic heterocycles. The Morgan fingerprint density at radius 1 is 1.14 bits per heavy atom. The maximum Gasteiger partial charge on any atom is 0.307 e. The summed E-state index contributed by atoms with van der Waals surface area (Å²) >= 11 is 0. The van der Waals surface area contributed by atoms with Gasteiger partial charge in [0.1, 0.15) is 12.2 Å². The lowest BCUT2D eigenvalue weighted by Crippen LogP contribution is -2.28. The zero-order chi connectivity index (χ0) is 16.6. The van der Waals surface area contributed by atoms with E-state index >= 15 is 0 Å². The first-order valence-electron chi connectivity index (χ1n) is 7.43. The summed E-state index contributed by atoms with van der Waals surface area (Å²) in [4.78, 5) is 23.2. The van der Waals surface area contributed by atoms with Crippen molar-refractivity contribution in [2.75, 3.05) is 0 Å². The summed E-state index contributed by atoms with van der Waals surface area (Å²) in [6, 6.07) is 9.03. The van der Waals surface area contributed by atoms with Gasteiger partial charge in [0, 0.05) is 12.5 Å². The Bertz CT molecular complexity index is 479. The number of hydrogen-bond acceptors (Lipinski definition) is 5. The molecule has 1 aromatic carbocycles. The van der Waals surface area contributed by atoms with Gasteiger partial charge in [-0.1, -0.05) is 30.3 Å². The molecule has 2 N–H and O–H groups in total. The van der Waals surface area contributed by atoms with E-state index < -0.39 is 11.6 Å². The third-order valence-corrected chi connectivity index (χ3v) is 2.81. The summed E-state index contributed by atoms with van der Waals surface area (Å²) in [5, 5.41) is 0. The van der Waals surface area contributed by atoms with E-state index in [1.807, 2.05) is 51.1 Å². The van der Waals surface area contributed by atoms with Crippen LogP contribution in [0.25, 0.3) is 0 Å². The third-order valence-electron chi connectivity index (χ3n) is 2.81. The van der Waals surface area contributed by atoms with Crippen molar-refractivity contribution in [3.63, 3.8) is 0 Å². The molecule has 0 amide bonds. The standard InChI is InChI=1S/C17H25NO4/c1-17(2,3)22-15(19)10-9-14(18)11-16(20)21-12-13-7-5-4-6-8-13/h4-8,14H,9-12,18H2,1-3H3/t14-/m0/s1. The highest BCUT2D eigenvalue weighted by atomic mass is 16.6. The molecule has 0 aliphatic heterocycles. The van der Waals surface area contributed by atoms with E-state index in [1.165, 1.54) is 0 Å². The fourth-order valence-corrected chi connectivity index (χ4v) is 1.81. The molecule has 0 radical (unpaired) electrons. The van der Waals surface area contributed by atoms with Crippen molar-refractivity contribution >= 4 is 11.9 Å². The first-order valence-corrected chi connectivity index (χ1v) is 7.43. The second kappa shape index (κ2) is 8.54. The summed E-state index contributed by atoms with van der Waals surface area (Å²) in [5.41, 5.74) is 6.27. The highest BCUT2D eigenvalue weighted by Crippen LogP contribution is 2.11. The lowest BCUT2D eigenvalue weighted by atomic mass is 10.1. The zero-order valence-electron chi connectivity index (χ0n) is 13.5. The zero-order valence-corrected chi connectivity index (χ0v) is 13.5. The van der Waals surface area contributed by atoms with Crippen molar-refractivity contribution < 1.29 is 19.1 Å². The predicted octanol–water partition coefficient (Wildman–Crippen LogP) is 2.57. The maximum atomic E-state index is 11.7. The van der Waals surface area contributed by atoms with Gasteiger partial charge in [-0.2, -0.15) is 0 Å². The van der Waals surface area contributed by atoms with E-state index in [0.717, 1.165) is 5.56 Å². The maximum absolute atomic E-state index is 11.7. The number of carbonyl (C=O) groups excluding carboxylic acids is 2. The molecule has 0 aliphatic rings. The van der Waals surface area contributed by atoms with Crippen molar-refractivity contribution in [1.29, 1.82) is 0 Å². The van der Waals surface area contributed by atoms with Crippen LogP contribution in [0.3, 0.4) is 0 Å². The van der Waals surface area contributed by atoms with Crippen molar-refractivity contribution in [1.82, 2.24) is 0 Å². The van der Waals surface area contributed by atoms with Crippen molar-refractivity contribution in [2.24, 2.45) is 5.73 Å². The number of ether oxygens (including phenoxy) is 2. The molecular formula is C17H25NO4. The second-order valence-electron chi connectivity index (χ2n) is 6.24. The number of carbonyl (C=O) groups is 2. The molecule has 0 aliphatic carbocycles. The van der Waals surface area contributed by atoms with Crippen LogP contribution in [0, 0.1) is 0 Å². The Morgan fingerprint density at radius 2 is 1.77 bits per heavy atom. The summed E-state index contributed by atoms with van der Waals surface area (Å²) < 4.78 is 10.3. The molecule has 0 unspecified atom stereocenters. The molecule has 5 nitrogen and oxygen atoms in total. The van der Waals surface area contributed by atoms with Gasteiger partial charge in [0.2, 0.25) is 0 Å². The van der Waals surface area contributed by atoms with E-state index in [1.54, 1.807) is 0 Å². The van der Waals surface area contributed by atoms with Crippen LogP contribution in [-0.4, -0.2) is 23.6 Å². The number of benzene rings is 1. The molecule has 0 saturated heterocycles.